The van der Waals surface area contributed by atoms with E-state index in [1.165, 1.54) is 17.4 Å². The Balaban J connectivity index is 1.67. The summed E-state index contributed by atoms with van der Waals surface area (Å²) in [6.07, 6.45) is 2.74. The zero-order chi connectivity index (χ0) is 17.2. The number of halogens is 1. The number of hydrogen-bond acceptors (Lipinski definition) is 4. The fraction of sp³-hybridized carbons (Fsp3) is 0.353. The molecular formula is C17H18FN3O2S. The first-order valence-corrected chi connectivity index (χ1v) is 8.62. The standard InChI is InChI=1S/C17H18FN3O2S/c1-11-8-17(9-11,12-4-2-3-5-13(12)18)15(23)20-10-14(22)21-16-19-6-7-24-16/h2-7,11H,8-10H2,1H3,(H,20,23)(H,19,21,22). The summed E-state index contributed by atoms with van der Waals surface area (Å²) in [5.41, 5.74) is -0.479. The summed E-state index contributed by atoms with van der Waals surface area (Å²) < 4.78 is 14.2. The van der Waals surface area contributed by atoms with E-state index in [2.05, 4.69) is 15.6 Å². The van der Waals surface area contributed by atoms with Gasteiger partial charge in [-0.25, -0.2) is 9.37 Å². The Bertz CT molecular complexity index is 742. The first-order valence-electron chi connectivity index (χ1n) is 7.74. The number of benzene rings is 1. The summed E-state index contributed by atoms with van der Waals surface area (Å²) in [5.74, 6) is -0.694. The van der Waals surface area contributed by atoms with E-state index in [0.717, 1.165) is 0 Å². The molecule has 0 bridgehead atoms. The molecule has 7 heteroatoms. The average molecular weight is 347 g/mol. The van der Waals surface area contributed by atoms with Gasteiger partial charge in [0.15, 0.2) is 5.13 Å². The van der Waals surface area contributed by atoms with Crippen molar-refractivity contribution in [1.29, 1.82) is 0 Å². The van der Waals surface area contributed by atoms with Crippen molar-refractivity contribution in [2.75, 3.05) is 11.9 Å². The quantitative estimate of drug-likeness (QED) is 0.874. The molecule has 1 heterocycles. The van der Waals surface area contributed by atoms with E-state index >= 15 is 0 Å². The van der Waals surface area contributed by atoms with Crippen LogP contribution in [0.4, 0.5) is 9.52 Å². The van der Waals surface area contributed by atoms with Gasteiger partial charge in [0.2, 0.25) is 11.8 Å². The number of aromatic nitrogens is 1. The molecule has 0 saturated heterocycles. The highest BCUT2D eigenvalue weighted by Crippen LogP contribution is 2.48. The second kappa shape index (κ2) is 6.68. The van der Waals surface area contributed by atoms with E-state index < -0.39 is 5.41 Å². The molecule has 0 unspecified atom stereocenters. The van der Waals surface area contributed by atoms with E-state index in [-0.39, 0.29) is 24.2 Å². The molecule has 1 aliphatic carbocycles. The normalized spacial score (nSPS) is 22.5. The first-order chi connectivity index (χ1) is 11.5. The number of amides is 2. The van der Waals surface area contributed by atoms with Crippen LogP contribution in [0.1, 0.15) is 25.3 Å². The predicted molar refractivity (Wildman–Crippen MR) is 90.2 cm³/mol. The van der Waals surface area contributed by atoms with E-state index in [0.29, 0.717) is 29.5 Å². The summed E-state index contributed by atoms with van der Waals surface area (Å²) in [5, 5.41) is 7.48. The fourth-order valence-electron chi connectivity index (χ4n) is 3.29. The Kier molecular flexibility index (Phi) is 4.62. The third-order valence-corrected chi connectivity index (χ3v) is 4.99. The minimum Gasteiger partial charge on any atom is -0.346 e. The molecule has 0 atom stereocenters. The van der Waals surface area contributed by atoms with Crippen LogP contribution in [0.25, 0.3) is 0 Å². The van der Waals surface area contributed by atoms with Crippen LogP contribution < -0.4 is 10.6 Å². The molecule has 2 N–H and O–H groups in total. The summed E-state index contributed by atoms with van der Waals surface area (Å²) in [4.78, 5) is 28.5. The number of anilines is 1. The third kappa shape index (κ3) is 3.17. The van der Waals surface area contributed by atoms with Gasteiger partial charge in [-0.2, -0.15) is 0 Å². The second-order valence-corrected chi connectivity index (χ2v) is 7.04. The molecule has 1 aliphatic rings. The molecule has 2 amide bonds. The molecule has 5 nitrogen and oxygen atoms in total. The Morgan fingerprint density at radius 1 is 1.38 bits per heavy atom. The molecule has 1 aromatic carbocycles. The van der Waals surface area contributed by atoms with Crippen LogP contribution >= 0.6 is 11.3 Å². The monoisotopic (exact) mass is 347 g/mol. The fourth-order valence-corrected chi connectivity index (χ4v) is 3.83. The smallest absolute Gasteiger partial charge is 0.245 e. The molecule has 0 spiro atoms. The van der Waals surface area contributed by atoms with Crippen molar-refractivity contribution in [2.24, 2.45) is 5.92 Å². The molecule has 24 heavy (non-hydrogen) atoms. The van der Waals surface area contributed by atoms with Crippen LogP contribution in [-0.4, -0.2) is 23.3 Å². The van der Waals surface area contributed by atoms with Crippen LogP contribution in [-0.2, 0) is 15.0 Å². The summed E-state index contributed by atoms with van der Waals surface area (Å²) in [6.45, 7) is 1.87. The SMILES string of the molecule is CC1CC(C(=O)NCC(=O)Nc2nccs2)(c2ccccc2F)C1. The highest BCUT2D eigenvalue weighted by atomic mass is 32.1. The molecule has 1 saturated carbocycles. The summed E-state index contributed by atoms with van der Waals surface area (Å²) in [7, 11) is 0. The van der Waals surface area contributed by atoms with E-state index in [1.54, 1.807) is 29.8 Å². The number of nitrogens with one attached hydrogen (secondary N) is 2. The molecule has 126 valence electrons. The Morgan fingerprint density at radius 2 is 2.12 bits per heavy atom. The maximum absolute atomic E-state index is 14.2. The lowest BCUT2D eigenvalue weighted by Gasteiger charge is -2.45. The van der Waals surface area contributed by atoms with Gasteiger partial charge in [-0.15, -0.1) is 11.3 Å². The first kappa shape index (κ1) is 16.6. The van der Waals surface area contributed by atoms with Gasteiger partial charge in [0.25, 0.3) is 0 Å². The van der Waals surface area contributed by atoms with Gasteiger partial charge in [-0.3, -0.25) is 9.59 Å². The number of rotatable bonds is 5. The lowest BCUT2D eigenvalue weighted by molar-refractivity contribution is -0.133. The molecule has 2 aromatic rings. The van der Waals surface area contributed by atoms with Gasteiger partial charge in [0.1, 0.15) is 5.82 Å². The zero-order valence-corrected chi connectivity index (χ0v) is 14.0. The number of carbonyl (C=O) groups is 2. The minimum atomic E-state index is -0.883. The molecule has 0 radical (unpaired) electrons. The maximum Gasteiger partial charge on any atom is 0.245 e. The molecule has 0 aliphatic heterocycles. The number of carbonyl (C=O) groups excluding carboxylic acids is 2. The van der Waals surface area contributed by atoms with Gasteiger partial charge in [-0.1, -0.05) is 25.1 Å². The molecule has 3 rings (SSSR count). The van der Waals surface area contributed by atoms with Gasteiger partial charge >= 0.3 is 0 Å². The van der Waals surface area contributed by atoms with Crippen molar-refractivity contribution in [1.82, 2.24) is 10.3 Å². The third-order valence-electron chi connectivity index (χ3n) is 4.31. The topological polar surface area (TPSA) is 71.1 Å². The van der Waals surface area contributed by atoms with Crippen molar-refractivity contribution in [3.8, 4) is 0 Å². The van der Waals surface area contributed by atoms with Crippen LogP contribution in [0.3, 0.4) is 0 Å². The predicted octanol–water partition coefficient (Wildman–Crippen LogP) is 2.70. The minimum absolute atomic E-state index is 0.164. The number of nitrogens with zero attached hydrogens (tertiary/aromatic N) is 1. The zero-order valence-electron chi connectivity index (χ0n) is 13.2. The second-order valence-electron chi connectivity index (χ2n) is 6.14. The Morgan fingerprint density at radius 3 is 2.75 bits per heavy atom. The van der Waals surface area contributed by atoms with Crippen molar-refractivity contribution in [3.05, 3.63) is 47.2 Å². The maximum atomic E-state index is 14.2. The van der Waals surface area contributed by atoms with Gasteiger partial charge in [-0.05, 0) is 24.8 Å². The van der Waals surface area contributed by atoms with E-state index in [9.17, 15) is 14.0 Å². The van der Waals surface area contributed by atoms with Crippen LogP contribution in [0, 0.1) is 11.7 Å². The van der Waals surface area contributed by atoms with Gasteiger partial charge < -0.3 is 10.6 Å². The van der Waals surface area contributed by atoms with Gasteiger partial charge in [0.05, 0.1) is 12.0 Å². The van der Waals surface area contributed by atoms with Crippen LogP contribution in [0.5, 0.6) is 0 Å². The molecule has 1 aromatic heterocycles. The summed E-state index contributed by atoms with van der Waals surface area (Å²) in [6, 6.07) is 6.35. The lowest BCUT2D eigenvalue weighted by atomic mass is 9.58. The molecule has 1 fully saturated rings. The van der Waals surface area contributed by atoms with E-state index in [4.69, 9.17) is 0 Å². The van der Waals surface area contributed by atoms with Crippen LogP contribution in [0.15, 0.2) is 35.8 Å². The van der Waals surface area contributed by atoms with Crippen molar-refractivity contribution in [3.63, 3.8) is 0 Å². The van der Waals surface area contributed by atoms with Crippen LogP contribution in [0.2, 0.25) is 0 Å². The number of hydrogen-bond donors (Lipinski definition) is 2. The molecular weight excluding hydrogens is 329 g/mol. The van der Waals surface area contributed by atoms with Crippen molar-refractivity contribution >= 4 is 28.3 Å². The average Bonchev–Trinajstić information content (AvgIpc) is 3.03. The highest BCUT2D eigenvalue weighted by Gasteiger charge is 2.50. The largest absolute Gasteiger partial charge is 0.346 e. The van der Waals surface area contributed by atoms with Crippen molar-refractivity contribution in [2.45, 2.75) is 25.2 Å². The summed E-state index contributed by atoms with van der Waals surface area (Å²) >= 11 is 1.30. The Labute approximate surface area is 143 Å². The number of thiazole rings is 1. The Hall–Kier alpha value is -2.28. The lowest BCUT2D eigenvalue weighted by Crippen LogP contribution is -2.54. The van der Waals surface area contributed by atoms with E-state index in [1.807, 2.05) is 6.92 Å². The van der Waals surface area contributed by atoms with Gasteiger partial charge in [0, 0.05) is 17.1 Å². The van der Waals surface area contributed by atoms with Crippen molar-refractivity contribution < 1.29 is 14.0 Å². The highest BCUT2D eigenvalue weighted by molar-refractivity contribution is 7.13.